The molecule has 4 rings (SSSR count). The van der Waals surface area contributed by atoms with Crippen molar-refractivity contribution >= 4 is 15.7 Å². The third-order valence-electron chi connectivity index (χ3n) is 6.49. The summed E-state index contributed by atoms with van der Waals surface area (Å²) in [6, 6.07) is 18.2. The van der Waals surface area contributed by atoms with Crippen LogP contribution in [0.5, 0.6) is 11.5 Å². The number of rotatable bonds is 8. The Kier molecular flexibility index (Phi) is 7.82. The van der Waals surface area contributed by atoms with Gasteiger partial charge in [-0.1, -0.05) is 42.0 Å². The largest absolute Gasteiger partial charge is 0.495 e. The summed E-state index contributed by atoms with van der Waals surface area (Å²) in [5, 5.41) is 0. The monoisotopic (exact) mass is 529 g/mol. The van der Waals surface area contributed by atoms with Crippen molar-refractivity contribution in [2.45, 2.75) is 37.0 Å². The molecular formula is C28H29F2NO5S. The van der Waals surface area contributed by atoms with Gasteiger partial charge in [-0.15, -0.1) is 0 Å². The molecule has 37 heavy (non-hydrogen) atoms. The number of likely N-dealkylation sites (tertiary alicyclic amines) is 1. The van der Waals surface area contributed by atoms with Crippen molar-refractivity contribution in [2.24, 2.45) is 5.92 Å². The number of hydrogen-bond donors (Lipinski definition) is 0. The first-order valence-corrected chi connectivity index (χ1v) is 13.5. The molecule has 0 spiro atoms. The highest BCUT2D eigenvalue weighted by molar-refractivity contribution is 7.90. The lowest BCUT2D eigenvalue weighted by Gasteiger charge is -2.20. The van der Waals surface area contributed by atoms with E-state index in [1.54, 1.807) is 42.5 Å². The van der Waals surface area contributed by atoms with E-state index in [4.69, 9.17) is 9.47 Å². The minimum absolute atomic E-state index is 0.00492. The zero-order valence-electron chi connectivity index (χ0n) is 20.9. The molecule has 0 aliphatic carbocycles. The van der Waals surface area contributed by atoms with Crippen LogP contribution >= 0.6 is 0 Å². The van der Waals surface area contributed by atoms with Crippen LogP contribution in [0, 0.1) is 19.8 Å². The Morgan fingerprint density at radius 1 is 1.03 bits per heavy atom. The van der Waals surface area contributed by atoms with Crippen molar-refractivity contribution < 1.29 is 31.5 Å². The number of para-hydroxylation sites is 1. The highest BCUT2D eigenvalue weighted by Gasteiger charge is 2.42. The highest BCUT2D eigenvalue weighted by atomic mass is 32.2. The van der Waals surface area contributed by atoms with Crippen LogP contribution in [0.1, 0.15) is 27.0 Å². The highest BCUT2D eigenvalue weighted by Crippen LogP contribution is 2.31. The van der Waals surface area contributed by atoms with Crippen LogP contribution in [0.3, 0.4) is 0 Å². The summed E-state index contributed by atoms with van der Waals surface area (Å²) in [6.07, 6.45) is -3.62. The van der Waals surface area contributed by atoms with Gasteiger partial charge in [-0.3, -0.25) is 4.79 Å². The molecule has 0 aromatic heterocycles. The Hall–Kier alpha value is -3.46. The molecule has 1 amide bonds. The van der Waals surface area contributed by atoms with Crippen molar-refractivity contribution in [3.63, 3.8) is 0 Å². The lowest BCUT2D eigenvalue weighted by molar-refractivity contribution is 0.0301. The van der Waals surface area contributed by atoms with E-state index in [0.717, 1.165) is 11.1 Å². The number of hydrogen-bond acceptors (Lipinski definition) is 5. The number of nitrogens with zero attached hydrogens (tertiary/aromatic N) is 1. The van der Waals surface area contributed by atoms with Crippen molar-refractivity contribution in [2.75, 3.05) is 20.2 Å². The van der Waals surface area contributed by atoms with Gasteiger partial charge in [0.15, 0.2) is 9.84 Å². The predicted octanol–water partition coefficient (Wildman–Crippen LogP) is 5.07. The lowest BCUT2D eigenvalue weighted by atomic mass is 10.0. The van der Waals surface area contributed by atoms with Gasteiger partial charge in [0.2, 0.25) is 6.43 Å². The van der Waals surface area contributed by atoms with Gasteiger partial charge in [0.1, 0.15) is 22.5 Å². The number of methoxy groups -OCH3 is 1. The molecular weight excluding hydrogens is 500 g/mol. The van der Waals surface area contributed by atoms with E-state index in [1.165, 1.54) is 24.1 Å². The average Bonchev–Trinajstić information content (AvgIpc) is 3.29. The third-order valence-corrected chi connectivity index (χ3v) is 8.21. The standard InChI is InChI=1S/C28H29F2NO5S/c1-18-11-12-19(2)22(13-18)28(32)31-15-23(27(29)30)25(16-31)36-21-8-6-7-20(14-21)17-37(33,34)26-10-5-4-9-24(26)35-3/h4-14,23,25,27H,15-17H2,1-3H3. The number of aryl methyl sites for hydroxylation is 2. The smallest absolute Gasteiger partial charge is 0.254 e. The van der Waals surface area contributed by atoms with Gasteiger partial charge in [0.05, 0.1) is 25.3 Å². The maximum Gasteiger partial charge on any atom is 0.254 e. The van der Waals surface area contributed by atoms with Gasteiger partial charge < -0.3 is 14.4 Å². The van der Waals surface area contributed by atoms with E-state index in [0.29, 0.717) is 11.1 Å². The molecule has 196 valence electrons. The first-order valence-electron chi connectivity index (χ1n) is 11.8. The van der Waals surface area contributed by atoms with Gasteiger partial charge >= 0.3 is 0 Å². The zero-order chi connectivity index (χ0) is 26.7. The molecule has 1 aliphatic heterocycles. The van der Waals surface area contributed by atoms with Gasteiger partial charge in [0.25, 0.3) is 5.91 Å². The van der Waals surface area contributed by atoms with Crippen LogP contribution < -0.4 is 9.47 Å². The van der Waals surface area contributed by atoms with Gasteiger partial charge in [-0.05, 0) is 55.3 Å². The Morgan fingerprint density at radius 3 is 2.51 bits per heavy atom. The molecule has 1 fully saturated rings. The van der Waals surface area contributed by atoms with Crippen molar-refractivity contribution in [3.8, 4) is 11.5 Å². The molecule has 2 atom stereocenters. The molecule has 3 aromatic carbocycles. The van der Waals surface area contributed by atoms with Crippen LogP contribution in [0.4, 0.5) is 8.78 Å². The van der Waals surface area contributed by atoms with E-state index in [2.05, 4.69) is 0 Å². The SMILES string of the molecule is COc1ccccc1S(=O)(=O)Cc1cccc(OC2CN(C(=O)c3cc(C)ccc3C)CC2C(F)F)c1. The zero-order valence-corrected chi connectivity index (χ0v) is 21.7. The number of sulfone groups is 1. The van der Waals surface area contributed by atoms with E-state index in [1.807, 2.05) is 26.0 Å². The minimum Gasteiger partial charge on any atom is -0.495 e. The fraction of sp³-hybridized carbons (Fsp3) is 0.321. The van der Waals surface area contributed by atoms with Crippen LogP contribution in [0.15, 0.2) is 71.6 Å². The molecule has 0 N–H and O–H groups in total. The number of benzene rings is 3. The number of carbonyl (C=O) groups is 1. The fourth-order valence-corrected chi connectivity index (χ4v) is 6.04. The van der Waals surface area contributed by atoms with Crippen molar-refractivity contribution in [3.05, 3.63) is 89.0 Å². The molecule has 9 heteroatoms. The number of alkyl halides is 2. The molecule has 2 unspecified atom stereocenters. The number of halogens is 2. The summed E-state index contributed by atoms with van der Waals surface area (Å²) in [6.45, 7) is 3.56. The second-order valence-corrected chi connectivity index (χ2v) is 11.2. The van der Waals surface area contributed by atoms with E-state index in [-0.39, 0.29) is 41.1 Å². The minimum atomic E-state index is -3.74. The van der Waals surface area contributed by atoms with Gasteiger partial charge in [-0.2, -0.15) is 0 Å². The van der Waals surface area contributed by atoms with Gasteiger partial charge in [0, 0.05) is 12.1 Å². The summed E-state index contributed by atoms with van der Waals surface area (Å²) in [5.74, 6) is -1.28. The second-order valence-electron chi connectivity index (χ2n) is 9.24. The molecule has 6 nitrogen and oxygen atoms in total. The van der Waals surface area contributed by atoms with Gasteiger partial charge in [-0.25, -0.2) is 17.2 Å². The lowest BCUT2D eigenvalue weighted by Crippen LogP contribution is -2.31. The quantitative estimate of drug-likeness (QED) is 0.407. The van der Waals surface area contributed by atoms with Crippen LogP contribution in [-0.4, -0.2) is 52.0 Å². The Morgan fingerprint density at radius 2 is 1.78 bits per heavy atom. The Bertz CT molecular complexity index is 1390. The maximum absolute atomic E-state index is 13.9. The maximum atomic E-state index is 13.9. The molecule has 1 aliphatic rings. The van der Waals surface area contributed by atoms with E-state index >= 15 is 0 Å². The Balaban J connectivity index is 1.52. The fourth-order valence-electron chi connectivity index (χ4n) is 4.52. The molecule has 0 bridgehead atoms. The average molecular weight is 530 g/mol. The molecule has 0 radical (unpaired) electrons. The second kappa shape index (κ2) is 10.9. The molecule has 0 saturated carbocycles. The molecule has 1 heterocycles. The number of carbonyl (C=O) groups excluding carboxylic acids is 1. The molecule has 3 aromatic rings. The Labute approximate surface area is 215 Å². The van der Waals surface area contributed by atoms with E-state index < -0.39 is 28.3 Å². The van der Waals surface area contributed by atoms with Crippen molar-refractivity contribution in [1.29, 1.82) is 0 Å². The van der Waals surface area contributed by atoms with Crippen LogP contribution in [0.25, 0.3) is 0 Å². The van der Waals surface area contributed by atoms with E-state index in [9.17, 15) is 22.0 Å². The van der Waals surface area contributed by atoms with Crippen LogP contribution in [-0.2, 0) is 15.6 Å². The summed E-state index contributed by atoms with van der Waals surface area (Å²) in [4.78, 5) is 14.6. The van der Waals surface area contributed by atoms with Crippen molar-refractivity contribution in [1.82, 2.24) is 4.90 Å². The summed E-state index contributed by atoms with van der Waals surface area (Å²) < 4.78 is 65.0. The summed E-state index contributed by atoms with van der Waals surface area (Å²) in [7, 11) is -2.34. The first kappa shape index (κ1) is 26.6. The summed E-state index contributed by atoms with van der Waals surface area (Å²) in [5.41, 5.74) is 2.61. The number of ether oxygens (including phenoxy) is 2. The van der Waals surface area contributed by atoms with Crippen LogP contribution in [0.2, 0.25) is 0 Å². The predicted molar refractivity (Wildman–Crippen MR) is 136 cm³/mol. The topological polar surface area (TPSA) is 72.9 Å². The number of amides is 1. The first-order chi connectivity index (χ1) is 17.6. The third kappa shape index (κ3) is 5.93. The molecule has 1 saturated heterocycles. The normalized spacial score (nSPS) is 17.7. The summed E-state index contributed by atoms with van der Waals surface area (Å²) >= 11 is 0.